The summed E-state index contributed by atoms with van der Waals surface area (Å²) in [6.45, 7) is -0.0941. The van der Waals surface area contributed by atoms with Crippen LogP contribution in [0.4, 0.5) is 15.8 Å². The van der Waals surface area contributed by atoms with Gasteiger partial charge in [-0.05, 0) is 41.3 Å². The average Bonchev–Trinajstić information content (AvgIpc) is 3.24. The van der Waals surface area contributed by atoms with E-state index >= 15 is 0 Å². The summed E-state index contributed by atoms with van der Waals surface area (Å²) in [5, 5.41) is 18.8. The summed E-state index contributed by atoms with van der Waals surface area (Å²) in [4.78, 5) is 24.0. The van der Waals surface area contributed by atoms with Crippen molar-refractivity contribution in [3.05, 3.63) is 86.3 Å². The van der Waals surface area contributed by atoms with Gasteiger partial charge in [0, 0.05) is 4.88 Å². The lowest BCUT2D eigenvalue weighted by Crippen LogP contribution is -2.31. The maximum absolute atomic E-state index is 13.3. The molecule has 9 heteroatoms. The zero-order valence-corrected chi connectivity index (χ0v) is 16.2. The normalized spacial score (nSPS) is 11.7. The highest BCUT2D eigenvalue weighted by molar-refractivity contribution is 7.10. The number of carbonyl (C=O) groups is 1. The van der Waals surface area contributed by atoms with Crippen molar-refractivity contribution < 1.29 is 18.8 Å². The number of benzene rings is 2. The Hall–Kier alpha value is -3.30. The number of halogens is 1. The molecule has 2 N–H and O–H groups in total. The third kappa shape index (κ3) is 5.15. The van der Waals surface area contributed by atoms with Crippen LogP contribution in [0.1, 0.15) is 16.5 Å². The van der Waals surface area contributed by atoms with Gasteiger partial charge in [0.1, 0.15) is 17.3 Å². The van der Waals surface area contributed by atoms with Crippen LogP contribution < -0.4 is 15.4 Å². The molecule has 0 aliphatic rings. The number of amides is 1. The van der Waals surface area contributed by atoms with E-state index in [0.29, 0.717) is 5.75 Å². The highest BCUT2D eigenvalue weighted by atomic mass is 32.1. The van der Waals surface area contributed by atoms with Crippen molar-refractivity contribution in [3.8, 4) is 5.75 Å². The second-order valence-electron chi connectivity index (χ2n) is 6.07. The Labute approximate surface area is 170 Å². The molecule has 3 rings (SSSR count). The van der Waals surface area contributed by atoms with Gasteiger partial charge in [-0.1, -0.05) is 18.2 Å². The standard InChI is InChI=1S/C20H18FN3O4S/c1-28-15-8-9-16(17(11-15)24(26)27)23-19(25)12-22-20(18-3-2-10-29-18)13-4-6-14(21)7-5-13/h2-11,20,22H,12H2,1H3,(H,23,25). The number of rotatable bonds is 8. The highest BCUT2D eigenvalue weighted by Crippen LogP contribution is 2.29. The van der Waals surface area contributed by atoms with Crippen LogP contribution in [0.5, 0.6) is 5.75 Å². The van der Waals surface area contributed by atoms with E-state index in [0.717, 1.165) is 10.4 Å². The molecule has 0 bridgehead atoms. The lowest BCUT2D eigenvalue weighted by atomic mass is 10.1. The average molecular weight is 415 g/mol. The molecule has 3 aromatic rings. The van der Waals surface area contributed by atoms with Crippen LogP contribution >= 0.6 is 11.3 Å². The first-order chi connectivity index (χ1) is 14.0. The fourth-order valence-corrected chi connectivity index (χ4v) is 3.60. The molecule has 1 unspecified atom stereocenters. The number of methoxy groups -OCH3 is 1. The number of hydrogen-bond acceptors (Lipinski definition) is 6. The largest absolute Gasteiger partial charge is 0.496 e. The van der Waals surface area contributed by atoms with Crippen LogP contribution in [-0.4, -0.2) is 24.5 Å². The lowest BCUT2D eigenvalue weighted by Gasteiger charge is -2.18. The van der Waals surface area contributed by atoms with E-state index < -0.39 is 10.8 Å². The molecule has 0 fully saturated rings. The number of nitro benzene ring substituents is 1. The van der Waals surface area contributed by atoms with Gasteiger partial charge >= 0.3 is 0 Å². The predicted octanol–water partition coefficient (Wildman–Crippen LogP) is 4.12. The van der Waals surface area contributed by atoms with Gasteiger partial charge < -0.3 is 10.1 Å². The summed E-state index contributed by atoms with van der Waals surface area (Å²) in [7, 11) is 1.40. The zero-order valence-electron chi connectivity index (χ0n) is 15.4. The molecule has 1 amide bonds. The van der Waals surface area contributed by atoms with Gasteiger partial charge in [0.15, 0.2) is 0 Å². The monoisotopic (exact) mass is 415 g/mol. The van der Waals surface area contributed by atoms with E-state index in [1.54, 1.807) is 12.1 Å². The zero-order chi connectivity index (χ0) is 20.8. The molecular weight excluding hydrogens is 397 g/mol. The molecule has 1 heterocycles. The molecule has 0 aliphatic carbocycles. The van der Waals surface area contributed by atoms with E-state index in [9.17, 15) is 19.3 Å². The third-order valence-electron chi connectivity index (χ3n) is 4.17. The minimum atomic E-state index is -0.585. The Morgan fingerprint density at radius 1 is 1.24 bits per heavy atom. The van der Waals surface area contributed by atoms with Crippen molar-refractivity contribution in [1.29, 1.82) is 0 Å². The Morgan fingerprint density at radius 2 is 2.00 bits per heavy atom. The fraction of sp³-hybridized carbons (Fsp3) is 0.150. The van der Waals surface area contributed by atoms with Gasteiger partial charge in [0.2, 0.25) is 5.91 Å². The molecule has 0 spiro atoms. The highest BCUT2D eigenvalue weighted by Gasteiger charge is 2.19. The Balaban J connectivity index is 1.73. The second kappa shape index (κ2) is 9.26. The molecule has 0 saturated carbocycles. The summed E-state index contributed by atoms with van der Waals surface area (Å²) in [5.41, 5.74) is 0.625. The molecule has 0 radical (unpaired) electrons. The van der Waals surface area contributed by atoms with Gasteiger partial charge in [-0.3, -0.25) is 20.2 Å². The Morgan fingerprint density at radius 3 is 2.62 bits per heavy atom. The van der Waals surface area contributed by atoms with E-state index in [1.807, 2.05) is 17.5 Å². The van der Waals surface area contributed by atoms with E-state index in [-0.39, 0.29) is 29.8 Å². The number of nitro groups is 1. The molecule has 1 atom stereocenters. The summed E-state index contributed by atoms with van der Waals surface area (Å²) in [6, 6.07) is 13.7. The topological polar surface area (TPSA) is 93.5 Å². The van der Waals surface area contributed by atoms with Gasteiger partial charge in [-0.2, -0.15) is 0 Å². The second-order valence-corrected chi connectivity index (χ2v) is 7.05. The van der Waals surface area contributed by atoms with Crippen molar-refractivity contribution in [3.63, 3.8) is 0 Å². The quantitative estimate of drug-likeness (QED) is 0.426. The molecule has 0 saturated heterocycles. The summed E-state index contributed by atoms with van der Waals surface area (Å²) in [5.74, 6) is -0.466. The number of anilines is 1. The Kier molecular flexibility index (Phi) is 6.53. The van der Waals surface area contributed by atoms with Crippen LogP contribution in [-0.2, 0) is 4.79 Å². The minimum Gasteiger partial charge on any atom is -0.496 e. The van der Waals surface area contributed by atoms with Crippen molar-refractivity contribution in [1.82, 2.24) is 5.32 Å². The predicted molar refractivity (Wildman–Crippen MR) is 109 cm³/mol. The van der Waals surface area contributed by atoms with Crippen LogP contribution in [0, 0.1) is 15.9 Å². The molecule has 2 aromatic carbocycles. The maximum atomic E-state index is 13.3. The number of ether oxygens (including phenoxy) is 1. The van der Waals surface area contributed by atoms with Crippen LogP contribution in [0.25, 0.3) is 0 Å². The third-order valence-corrected chi connectivity index (χ3v) is 5.11. The summed E-state index contributed by atoms with van der Waals surface area (Å²) in [6.07, 6.45) is 0. The minimum absolute atomic E-state index is 0.0806. The summed E-state index contributed by atoms with van der Waals surface area (Å²) < 4.78 is 18.2. The molecule has 150 valence electrons. The van der Waals surface area contributed by atoms with Crippen molar-refractivity contribution in [2.45, 2.75) is 6.04 Å². The van der Waals surface area contributed by atoms with Crippen LogP contribution in [0.15, 0.2) is 60.0 Å². The smallest absolute Gasteiger partial charge is 0.296 e. The van der Waals surface area contributed by atoms with E-state index in [2.05, 4.69) is 10.6 Å². The number of nitrogens with one attached hydrogen (secondary N) is 2. The molecule has 0 aliphatic heterocycles. The first kappa shape index (κ1) is 20.4. The number of nitrogens with zero attached hydrogens (tertiary/aromatic N) is 1. The fourth-order valence-electron chi connectivity index (χ4n) is 2.78. The molecule has 7 nitrogen and oxygen atoms in total. The van der Waals surface area contributed by atoms with Crippen LogP contribution in [0.3, 0.4) is 0 Å². The molecule has 29 heavy (non-hydrogen) atoms. The van der Waals surface area contributed by atoms with Crippen molar-refractivity contribution in [2.24, 2.45) is 0 Å². The Bertz CT molecular complexity index is 993. The number of thiophene rings is 1. The number of hydrogen-bond donors (Lipinski definition) is 2. The number of carbonyl (C=O) groups excluding carboxylic acids is 1. The van der Waals surface area contributed by atoms with Gasteiger partial charge in [0.25, 0.3) is 5.69 Å². The molecule has 1 aromatic heterocycles. The lowest BCUT2D eigenvalue weighted by molar-refractivity contribution is -0.384. The van der Waals surface area contributed by atoms with E-state index in [1.165, 1.54) is 48.8 Å². The van der Waals surface area contributed by atoms with Gasteiger partial charge in [0.05, 0.1) is 30.7 Å². The first-order valence-corrected chi connectivity index (χ1v) is 9.50. The summed E-state index contributed by atoms with van der Waals surface area (Å²) >= 11 is 1.50. The maximum Gasteiger partial charge on any atom is 0.296 e. The van der Waals surface area contributed by atoms with Gasteiger partial charge in [-0.25, -0.2) is 4.39 Å². The van der Waals surface area contributed by atoms with Gasteiger partial charge in [-0.15, -0.1) is 11.3 Å². The van der Waals surface area contributed by atoms with E-state index in [4.69, 9.17) is 4.74 Å². The first-order valence-electron chi connectivity index (χ1n) is 8.62. The molecular formula is C20H18FN3O4S. The van der Waals surface area contributed by atoms with Crippen LogP contribution in [0.2, 0.25) is 0 Å². The van der Waals surface area contributed by atoms with Crippen molar-refractivity contribution >= 4 is 28.6 Å². The SMILES string of the molecule is COc1ccc(NC(=O)CNC(c2ccc(F)cc2)c2cccs2)c([N+](=O)[O-])c1. The van der Waals surface area contributed by atoms with Crippen molar-refractivity contribution in [2.75, 3.05) is 19.0 Å².